The van der Waals surface area contributed by atoms with Crippen LogP contribution in [0.5, 0.6) is 0 Å². The van der Waals surface area contributed by atoms with E-state index in [4.69, 9.17) is 10.7 Å². The molecular weight excluding hydrogens is 288 g/mol. The van der Waals surface area contributed by atoms with E-state index < -0.39 is 5.92 Å². The van der Waals surface area contributed by atoms with Gasteiger partial charge in [0.05, 0.1) is 28.8 Å². The van der Waals surface area contributed by atoms with Crippen molar-refractivity contribution in [2.75, 3.05) is 0 Å². The SMILES string of the molecule is CC(=O)C1=C(C)NC(C(=C=[N-])C#N)=C(C#N)[C@@H]1c1ccccc1. The van der Waals surface area contributed by atoms with Gasteiger partial charge in [-0.25, -0.2) is 5.87 Å². The van der Waals surface area contributed by atoms with Crippen molar-refractivity contribution < 1.29 is 4.79 Å². The van der Waals surface area contributed by atoms with Gasteiger partial charge in [-0.1, -0.05) is 30.3 Å². The van der Waals surface area contributed by atoms with Gasteiger partial charge in [-0.3, -0.25) is 4.79 Å². The lowest BCUT2D eigenvalue weighted by Gasteiger charge is -2.29. The van der Waals surface area contributed by atoms with Crippen LogP contribution in [-0.4, -0.2) is 11.7 Å². The topological polar surface area (TPSA) is 99.0 Å². The second kappa shape index (κ2) is 6.58. The largest absolute Gasteiger partial charge is 0.762 e. The molecule has 5 nitrogen and oxygen atoms in total. The first-order chi connectivity index (χ1) is 11.0. The van der Waals surface area contributed by atoms with Gasteiger partial charge in [0.1, 0.15) is 6.07 Å². The van der Waals surface area contributed by atoms with E-state index in [-0.39, 0.29) is 22.6 Å². The van der Waals surface area contributed by atoms with E-state index in [0.717, 1.165) is 5.56 Å². The van der Waals surface area contributed by atoms with Crippen molar-refractivity contribution in [3.8, 4) is 12.1 Å². The Hall–Kier alpha value is -3.40. The van der Waals surface area contributed by atoms with Crippen molar-refractivity contribution >= 4 is 11.7 Å². The van der Waals surface area contributed by atoms with Gasteiger partial charge in [-0.05, 0) is 19.4 Å². The molecule has 0 amide bonds. The minimum atomic E-state index is -0.591. The first-order valence-electron chi connectivity index (χ1n) is 6.90. The van der Waals surface area contributed by atoms with Crippen LogP contribution in [0.2, 0.25) is 0 Å². The van der Waals surface area contributed by atoms with E-state index in [1.54, 1.807) is 18.9 Å². The Morgan fingerprint density at radius 2 is 1.91 bits per heavy atom. The number of carbonyl (C=O) groups is 1. The molecule has 23 heavy (non-hydrogen) atoms. The fourth-order valence-electron chi connectivity index (χ4n) is 2.73. The Morgan fingerprint density at radius 1 is 1.26 bits per heavy atom. The number of Topliss-reactive ketones (excluding diaryl/α,β-unsaturated/α-hetero) is 1. The molecule has 0 saturated heterocycles. The zero-order valence-electron chi connectivity index (χ0n) is 12.7. The summed E-state index contributed by atoms with van der Waals surface area (Å²) in [6, 6.07) is 13.0. The molecule has 2 rings (SSSR count). The Labute approximate surface area is 134 Å². The summed E-state index contributed by atoms with van der Waals surface area (Å²) in [5, 5.41) is 30.8. The molecule has 0 fully saturated rings. The average Bonchev–Trinajstić information content (AvgIpc) is 2.55. The number of ketones is 1. The summed E-state index contributed by atoms with van der Waals surface area (Å²) in [5.41, 5.74) is 1.97. The lowest BCUT2D eigenvalue weighted by atomic mass is 9.78. The average molecular weight is 301 g/mol. The molecule has 1 aliphatic heterocycles. The van der Waals surface area contributed by atoms with Crippen LogP contribution in [0.15, 0.2) is 58.4 Å². The molecule has 112 valence electrons. The molecule has 1 N–H and O–H groups in total. The van der Waals surface area contributed by atoms with Crippen LogP contribution in [0.4, 0.5) is 0 Å². The normalized spacial score (nSPS) is 16.8. The molecule has 0 saturated carbocycles. The van der Waals surface area contributed by atoms with Crippen LogP contribution in [0, 0.1) is 22.7 Å². The molecule has 0 bridgehead atoms. The summed E-state index contributed by atoms with van der Waals surface area (Å²) < 4.78 is 0. The van der Waals surface area contributed by atoms with Crippen LogP contribution < -0.4 is 5.32 Å². The highest BCUT2D eigenvalue weighted by atomic mass is 16.1. The molecule has 5 heteroatoms. The van der Waals surface area contributed by atoms with Crippen molar-refractivity contribution in [1.82, 2.24) is 5.32 Å². The zero-order valence-corrected chi connectivity index (χ0v) is 12.7. The molecule has 1 aromatic rings. The van der Waals surface area contributed by atoms with Crippen LogP contribution in [-0.2, 0) is 4.79 Å². The summed E-state index contributed by atoms with van der Waals surface area (Å²) in [4.78, 5) is 12.1. The number of nitriles is 2. The van der Waals surface area contributed by atoms with Crippen LogP contribution >= 0.6 is 0 Å². The fourth-order valence-corrected chi connectivity index (χ4v) is 2.73. The number of hydrogen-bond donors (Lipinski definition) is 1. The predicted octanol–water partition coefficient (Wildman–Crippen LogP) is 2.70. The van der Waals surface area contributed by atoms with Gasteiger partial charge in [0.25, 0.3) is 0 Å². The molecular formula is C18H13N4O-. The maximum Gasteiger partial charge on any atom is 0.158 e. The molecule has 0 radical (unpaired) electrons. The van der Waals surface area contributed by atoms with E-state index in [9.17, 15) is 10.1 Å². The van der Waals surface area contributed by atoms with Crippen molar-refractivity contribution in [2.24, 2.45) is 0 Å². The highest BCUT2D eigenvalue weighted by Gasteiger charge is 2.33. The number of dihydropyridines is 1. The Kier molecular flexibility index (Phi) is 4.57. The van der Waals surface area contributed by atoms with Crippen molar-refractivity contribution in [3.05, 3.63) is 69.4 Å². The summed E-state index contributed by atoms with van der Waals surface area (Å²) >= 11 is 0. The quantitative estimate of drug-likeness (QED) is 0.685. The maximum atomic E-state index is 12.1. The lowest BCUT2D eigenvalue weighted by molar-refractivity contribution is -0.113. The van der Waals surface area contributed by atoms with Gasteiger partial charge in [0.2, 0.25) is 0 Å². The second-order valence-corrected chi connectivity index (χ2v) is 5.06. The second-order valence-electron chi connectivity index (χ2n) is 5.06. The third kappa shape index (κ3) is 2.82. The fraction of sp³-hybridized carbons (Fsp3) is 0.167. The van der Waals surface area contributed by atoms with E-state index >= 15 is 0 Å². The van der Waals surface area contributed by atoms with Gasteiger partial charge < -0.3 is 10.7 Å². The van der Waals surface area contributed by atoms with Gasteiger partial charge in [-0.2, -0.15) is 10.5 Å². The molecule has 0 aliphatic carbocycles. The smallest absolute Gasteiger partial charge is 0.158 e. The Balaban J connectivity index is 2.79. The van der Waals surface area contributed by atoms with Crippen LogP contribution in [0.25, 0.3) is 5.41 Å². The van der Waals surface area contributed by atoms with Crippen molar-refractivity contribution in [3.63, 3.8) is 0 Å². The van der Waals surface area contributed by atoms with E-state index in [0.29, 0.717) is 11.3 Å². The van der Waals surface area contributed by atoms with E-state index in [2.05, 4.69) is 11.4 Å². The van der Waals surface area contributed by atoms with Gasteiger partial charge in [0, 0.05) is 11.3 Å². The molecule has 1 atom stereocenters. The number of benzene rings is 1. The number of allylic oxidation sites excluding steroid dienone is 4. The first-order valence-corrected chi connectivity index (χ1v) is 6.90. The molecule has 0 aromatic heterocycles. The molecule has 1 aliphatic rings. The standard InChI is InChI=1S/C18H13N4O/c1-11-16(12(2)23)17(13-6-4-3-5-7-13)15(10-21)18(22-11)14(8-19)9-20/h3-7,17,22H,1-2H3/q-1/t17-/m0/s1. The first kappa shape index (κ1) is 16.0. The minimum absolute atomic E-state index is 0.161. The predicted molar refractivity (Wildman–Crippen MR) is 85.8 cm³/mol. The number of hydrogen-bond acceptors (Lipinski definition) is 4. The highest BCUT2D eigenvalue weighted by molar-refractivity contribution is 5.97. The van der Waals surface area contributed by atoms with Crippen molar-refractivity contribution in [1.29, 1.82) is 10.5 Å². The molecule has 0 unspecified atom stereocenters. The third-order valence-corrected chi connectivity index (χ3v) is 3.67. The van der Waals surface area contributed by atoms with Crippen molar-refractivity contribution in [2.45, 2.75) is 19.8 Å². The number of nitrogens with one attached hydrogen (secondary N) is 1. The summed E-state index contributed by atoms with van der Waals surface area (Å²) in [5.74, 6) is 1.05. The number of carbonyl (C=O) groups excluding carboxylic acids is 1. The van der Waals surface area contributed by atoms with Crippen LogP contribution in [0.3, 0.4) is 0 Å². The van der Waals surface area contributed by atoms with E-state index in [1.165, 1.54) is 6.92 Å². The highest BCUT2D eigenvalue weighted by Crippen LogP contribution is 2.39. The summed E-state index contributed by atoms with van der Waals surface area (Å²) in [6.07, 6.45) is 0. The summed E-state index contributed by atoms with van der Waals surface area (Å²) in [6.45, 7) is 3.14. The molecule has 1 heterocycles. The number of nitrogens with zero attached hydrogens (tertiary/aromatic N) is 3. The minimum Gasteiger partial charge on any atom is -0.762 e. The van der Waals surface area contributed by atoms with E-state index in [1.807, 2.05) is 30.3 Å². The van der Waals surface area contributed by atoms with Crippen LogP contribution in [0.1, 0.15) is 25.3 Å². The third-order valence-electron chi connectivity index (χ3n) is 3.67. The van der Waals surface area contributed by atoms with Gasteiger partial charge >= 0.3 is 0 Å². The molecule has 0 spiro atoms. The van der Waals surface area contributed by atoms with Gasteiger partial charge in [0.15, 0.2) is 5.78 Å². The lowest BCUT2D eigenvalue weighted by Crippen LogP contribution is -2.28. The number of rotatable bonds is 3. The Morgan fingerprint density at radius 3 is 2.39 bits per heavy atom. The summed E-state index contributed by atoms with van der Waals surface area (Å²) in [7, 11) is 0. The maximum absolute atomic E-state index is 12.1. The molecule has 1 aromatic carbocycles. The Bertz CT molecular complexity index is 857. The zero-order chi connectivity index (χ0) is 17.0. The monoisotopic (exact) mass is 301 g/mol. The van der Waals surface area contributed by atoms with Gasteiger partial charge in [-0.15, -0.1) is 0 Å².